The molecule has 202 valence electrons. The van der Waals surface area contributed by atoms with Gasteiger partial charge < -0.3 is 9.47 Å². The van der Waals surface area contributed by atoms with Crippen molar-refractivity contribution in [3.8, 4) is 22.8 Å². The average Bonchev–Trinajstić information content (AvgIpc) is 3.09. The van der Waals surface area contributed by atoms with Crippen LogP contribution in [0.2, 0.25) is 0 Å². The molecule has 13 heteroatoms. The van der Waals surface area contributed by atoms with E-state index in [2.05, 4.69) is 14.7 Å². The number of halogens is 3. The Hall–Kier alpha value is -3.87. The van der Waals surface area contributed by atoms with Crippen molar-refractivity contribution >= 4 is 21.0 Å². The predicted octanol–water partition coefficient (Wildman–Crippen LogP) is 3.88. The van der Waals surface area contributed by atoms with Gasteiger partial charge in [0.2, 0.25) is 0 Å². The van der Waals surface area contributed by atoms with Crippen LogP contribution in [-0.4, -0.2) is 52.7 Å². The summed E-state index contributed by atoms with van der Waals surface area (Å²) in [5.74, 6) is -1.62. The predicted molar refractivity (Wildman–Crippen MR) is 135 cm³/mol. The highest BCUT2D eigenvalue weighted by molar-refractivity contribution is 7.90. The molecule has 0 radical (unpaired) electrons. The van der Waals surface area contributed by atoms with E-state index in [0.717, 1.165) is 6.26 Å². The summed E-state index contributed by atoms with van der Waals surface area (Å²) >= 11 is 0. The lowest BCUT2D eigenvalue weighted by molar-refractivity contribution is -0.0518. The molecular formula is C25H25F3N4O5S. The fraction of sp³-hybridized carbons (Fsp3) is 0.320. The third-order valence-electron chi connectivity index (χ3n) is 5.97. The summed E-state index contributed by atoms with van der Waals surface area (Å²) in [5, 5.41) is 0. The van der Waals surface area contributed by atoms with Gasteiger partial charge in [0, 0.05) is 30.6 Å². The maximum atomic E-state index is 14.5. The Balaban J connectivity index is 1.96. The van der Waals surface area contributed by atoms with Crippen molar-refractivity contribution in [1.82, 2.24) is 19.1 Å². The second-order valence-corrected chi connectivity index (χ2v) is 10.8. The standard InChI is InChI=1S/C25H25F3N4O5S/c1-5-36-23-20(37-24(27)28)11-10-18(30-23)19(13-38(4,34)35)32-22-21(31(3)25(32)33)14(2)16(12-29-22)15-8-6-7-9-17(15)26/h6-12,19,24H,5,13H2,1-4H3/t19-/m1/s1. The highest BCUT2D eigenvalue weighted by atomic mass is 32.2. The number of hydrogen-bond acceptors (Lipinski definition) is 7. The highest BCUT2D eigenvalue weighted by Gasteiger charge is 2.29. The molecule has 0 amide bonds. The molecule has 38 heavy (non-hydrogen) atoms. The SMILES string of the molecule is CCOc1nc([C@@H](CS(C)(=O)=O)n2c(=O)n(C)c3c(C)c(-c4ccccc4F)cnc32)ccc1OC(F)F. The summed E-state index contributed by atoms with van der Waals surface area (Å²) < 4.78 is 77.5. The van der Waals surface area contributed by atoms with Crippen molar-refractivity contribution in [1.29, 1.82) is 0 Å². The maximum Gasteiger partial charge on any atom is 0.387 e. The van der Waals surface area contributed by atoms with Crippen LogP contribution in [0.5, 0.6) is 11.6 Å². The molecule has 4 aromatic rings. The molecular weight excluding hydrogens is 525 g/mol. The van der Waals surface area contributed by atoms with E-state index in [4.69, 9.17) is 4.74 Å². The average molecular weight is 551 g/mol. The van der Waals surface area contributed by atoms with Crippen LogP contribution in [0, 0.1) is 12.7 Å². The van der Waals surface area contributed by atoms with E-state index < -0.39 is 39.8 Å². The smallest absolute Gasteiger partial charge is 0.387 e. The Morgan fingerprint density at radius 2 is 1.82 bits per heavy atom. The molecule has 0 saturated carbocycles. The van der Waals surface area contributed by atoms with Crippen molar-refractivity contribution in [2.45, 2.75) is 26.5 Å². The van der Waals surface area contributed by atoms with Gasteiger partial charge in [0.25, 0.3) is 5.88 Å². The fourth-order valence-electron chi connectivity index (χ4n) is 4.37. The van der Waals surface area contributed by atoms with Crippen LogP contribution >= 0.6 is 0 Å². The molecule has 4 rings (SSSR count). The summed E-state index contributed by atoms with van der Waals surface area (Å²) in [6.07, 6.45) is 2.42. The lowest BCUT2D eigenvalue weighted by Crippen LogP contribution is -2.31. The van der Waals surface area contributed by atoms with Crippen LogP contribution in [0.1, 0.15) is 24.2 Å². The van der Waals surface area contributed by atoms with Gasteiger partial charge in [0.05, 0.1) is 29.6 Å². The molecule has 0 fully saturated rings. The number of ether oxygens (including phenoxy) is 2. The number of hydrogen-bond donors (Lipinski definition) is 0. The summed E-state index contributed by atoms with van der Waals surface area (Å²) in [6.45, 7) is 0.262. The number of aryl methyl sites for hydroxylation is 2. The van der Waals surface area contributed by atoms with Crippen molar-refractivity contribution < 1.29 is 31.1 Å². The second kappa shape index (κ2) is 10.5. The normalized spacial score (nSPS) is 12.7. The minimum atomic E-state index is -3.70. The molecule has 0 aliphatic carbocycles. The van der Waals surface area contributed by atoms with Gasteiger partial charge in [-0.25, -0.2) is 27.6 Å². The molecule has 3 heterocycles. The van der Waals surface area contributed by atoms with Crippen molar-refractivity contribution in [3.63, 3.8) is 0 Å². The first kappa shape index (κ1) is 27.2. The lowest BCUT2D eigenvalue weighted by Gasteiger charge is -2.19. The van der Waals surface area contributed by atoms with Gasteiger partial charge in [-0.1, -0.05) is 18.2 Å². The van der Waals surface area contributed by atoms with E-state index in [1.807, 2.05) is 0 Å². The number of sulfone groups is 1. The Labute approximate surface area is 216 Å². The van der Waals surface area contributed by atoms with E-state index in [0.29, 0.717) is 22.2 Å². The molecule has 0 N–H and O–H groups in total. The first-order valence-electron chi connectivity index (χ1n) is 11.5. The van der Waals surface area contributed by atoms with Gasteiger partial charge in [-0.2, -0.15) is 8.78 Å². The largest absolute Gasteiger partial charge is 0.475 e. The molecule has 0 spiro atoms. The second-order valence-electron chi connectivity index (χ2n) is 8.62. The van der Waals surface area contributed by atoms with Gasteiger partial charge in [0.15, 0.2) is 11.4 Å². The molecule has 0 aliphatic rings. The fourth-order valence-corrected chi connectivity index (χ4v) is 5.26. The molecule has 3 aromatic heterocycles. The first-order valence-corrected chi connectivity index (χ1v) is 13.6. The zero-order valence-corrected chi connectivity index (χ0v) is 21.8. The van der Waals surface area contributed by atoms with E-state index in [-0.39, 0.29) is 29.6 Å². The summed E-state index contributed by atoms with van der Waals surface area (Å²) in [5.41, 5.74) is 1.31. The zero-order valence-electron chi connectivity index (χ0n) is 21.0. The van der Waals surface area contributed by atoms with Crippen LogP contribution < -0.4 is 15.2 Å². The Morgan fingerprint density at radius 1 is 1.11 bits per heavy atom. The van der Waals surface area contributed by atoms with E-state index in [1.54, 1.807) is 32.0 Å². The molecule has 0 aliphatic heterocycles. The number of imidazole rings is 1. The zero-order chi connectivity index (χ0) is 27.8. The summed E-state index contributed by atoms with van der Waals surface area (Å²) in [4.78, 5) is 22.2. The first-order chi connectivity index (χ1) is 17.9. The molecule has 1 aromatic carbocycles. The number of alkyl halides is 2. The summed E-state index contributed by atoms with van der Waals surface area (Å²) in [6, 6.07) is 7.43. The van der Waals surface area contributed by atoms with Crippen molar-refractivity contribution in [3.05, 3.63) is 70.2 Å². The van der Waals surface area contributed by atoms with E-state index in [9.17, 15) is 26.4 Å². The number of aromatic nitrogens is 4. The maximum absolute atomic E-state index is 14.5. The van der Waals surface area contributed by atoms with Crippen LogP contribution in [0.4, 0.5) is 13.2 Å². The highest BCUT2D eigenvalue weighted by Crippen LogP contribution is 2.33. The van der Waals surface area contributed by atoms with Gasteiger partial charge in [0.1, 0.15) is 15.7 Å². The quantitative estimate of drug-likeness (QED) is 0.312. The number of rotatable bonds is 9. The molecule has 1 atom stereocenters. The van der Waals surface area contributed by atoms with Crippen LogP contribution in [-0.2, 0) is 16.9 Å². The Morgan fingerprint density at radius 3 is 2.45 bits per heavy atom. The number of pyridine rings is 2. The number of nitrogens with zero attached hydrogens (tertiary/aromatic N) is 4. The Kier molecular flexibility index (Phi) is 7.49. The Bertz CT molecular complexity index is 1670. The van der Waals surface area contributed by atoms with Gasteiger partial charge in [-0.3, -0.25) is 9.13 Å². The van der Waals surface area contributed by atoms with Gasteiger partial charge in [-0.05, 0) is 37.6 Å². The van der Waals surface area contributed by atoms with Crippen molar-refractivity contribution in [2.75, 3.05) is 18.6 Å². The topological polar surface area (TPSA) is 105 Å². The summed E-state index contributed by atoms with van der Waals surface area (Å²) in [7, 11) is -2.20. The lowest BCUT2D eigenvalue weighted by atomic mass is 10.0. The van der Waals surface area contributed by atoms with Crippen LogP contribution in [0.3, 0.4) is 0 Å². The molecule has 0 bridgehead atoms. The van der Waals surface area contributed by atoms with Crippen LogP contribution in [0.25, 0.3) is 22.3 Å². The molecule has 0 saturated heterocycles. The van der Waals surface area contributed by atoms with Crippen molar-refractivity contribution in [2.24, 2.45) is 7.05 Å². The molecule has 0 unspecified atom stereocenters. The van der Waals surface area contributed by atoms with Gasteiger partial charge >= 0.3 is 12.3 Å². The number of fused-ring (bicyclic) bond motifs is 1. The third kappa shape index (κ3) is 5.23. The monoisotopic (exact) mass is 550 g/mol. The van der Waals surface area contributed by atoms with Crippen LogP contribution in [0.15, 0.2) is 47.4 Å². The number of benzene rings is 1. The van der Waals surface area contributed by atoms with E-state index >= 15 is 0 Å². The third-order valence-corrected chi connectivity index (χ3v) is 6.89. The minimum Gasteiger partial charge on any atom is -0.475 e. The minimum absolute atomic E-state index is 0.0627. The van der Waals surface area contributed by atoms with Gasteiger partial charge in [-0.15, -0.1) is 0 Å². The van der Waals surface area contributed by atoms with E-state index in [1.165, 1.54) is 40.6 Å². The molecule has 9 nitrogen and oxygen atoms in total.